The summed E-state index contributed by atoms with van der Waals surface area (Å²) in [5.74, 6) is -0.891. The lowest BCUT2D eigenvalue weighted by Gasteiger charge is -2.31. The molecule has 1 saturated heterocycles. The molecule has 0 bridgehead atoms. The van der Waals surface area contributed by atoms with Crippen molar-refractivity contribution in [2.24, 2.45) is 0 Å². The standard InChI is InChI=1S/C11H12BrN3O2/c1-14-2-3-15(11(17)10(14)16)7-8-4-9(12)6-13-5-8/h4-6H,2-3,7H2,1H3. The molecule has 17 heavy (non-hydrogen) atoms. The second-order valence-corrected chi connectivity index (χ2v) is 4.88. The maximum Gasteiger partial charge on any atom is 0.312 e. The van der Waals surface area contributed by atoms with Crippen LogP contribution in [0.4, 0.5) is 0 Å². The first-order chi connectivity index (χ1) is 8.08. The molecule has 0 aromatic carbocycles. The van der Waals surface area contributed by atoms with E-state index in [-0.39, 0.29) is 0 Å². The number of carbonyl (C=O) groups is 2. The number of piperazine rings is 1. The summed E-state index contributed by atoms with van der Waals surface area (Å²) in [7, 11) is 1.64. The maximum atomic E-state index is 11.7. The highest BCUT2D eigenvalue weighted by Crippen LogP contribution is 2.13. The predicted octanol–water partition coefficient (Wildman–Crippen LogP) is 0.645. The lowest BCUT2D eigenvalue weighted by atomic mass is 10.2. The molecule has 0 radical (unpaired) electrons. The van der Waals surface area contributed by atoms with E-state index in [1.54, 1.807) is 24.3 Å². The zero-order valence-electron chi connectivity index (χ0n) is 9.39. The van der Waals surface area contributed by atoms with E-state index < -0.39 is 11.8 Å². The van der Waals surface area contributed by atoms with Gasteiger partial charge in [0, 0.05) is 43.5 Å². The van der Waals surface area contributed by atoms with Crippen molar-refractivity contribution in [3.63, 3.8) is 0 Å². The minimum Gasteiger partial charge on any atom is -0.336 e. The average Bonchev–Trinajstić information content (AvgIpc) is 2.30. The fraction of sp³-hybridized carbons (Fsp3) is 0.364. The molecular weight excluding hydrogens is 286 g/mol. The molecule has 5 nitrogen and oxygen atoms in total. The van der Waals surface area contributed by atoms with Crippen LogP contribution in [0.1, 0.15) is 5.56 Å². The average molecular weight is 298 g/mol. The van der Waals surface area contributed by atoms with E-state index in [0.29, 0.717) is 19.6 Å². The summed E-state index contributed by atoms with van der Waals surface area (Å²) >= 11 is 3.32. The molecule has 0 saturated carbocycles. The molecule has 0 unspecified atom stereocenters. The van der Waals surface area contributed by atoms with Gasteiger partial charge in [0.1, 0.15) is 0 Å². The van der Waals surface area contributed by atoms with Crippen LogP contribution >= 0.6 is 15.9 Å². The maximum absolute atomic E-state index is 11.7. The molecule has 1 aromatic heterocycles. The van der Waals surface area contributed by atoms with E-state index in [9.17, 15) is 9.59 Å². The summed E-state index contributed by atoms with van der Waals surface area (Å²) in [6.07, 6.45) is 3.38. The Kier molecular flexibility index (Phi) is 3.42. The third-order valence-corrected chi connectivity index (χ3v) is 3.09. The molecule has 0 atom stereocenters. The molecular formula is C11H12BrN3O2. The van der Waals surface area contributed by atoms with Gasteiger partial charge in [-0.3, -0.25) is 14.6 Å². The minimum absolute atomic E-state index is 0.421. The van der Waals surface area contributed by atoms with Crippen LogP contribution in [0.2, 0.25) is 0 Å². The number of likely N-dealkylation sites (N-methyl/N-ethyl adjacent to an activating group) is 1. The number of amides is 2. The second kappa shape index (κ2) is 4.83. The number of carbonyl (C=O) groups excluding carboxylic acids is 2. The molecule has 1 aromatic rings. The molecule has 6 heteroatoms. The second-order valence-electron chi connectivity index (χ2n) is 3.96. The van der Waals surface area contributed by atoms with Gasteiger partial charge in [-0.15, -0.1) is 0 Å². The van der Waals surface area contributed by atoms with Crippen LogP contribution in [0.15, 0.2) is 22.9 Å². The van der Waals surface area contributed by atoms with Crippen molar-refractivity contribution in [3.8, 4) is 0 Å². The third kappa shape index (κ3) is 2.63. The van der Waals surface area contributed by atoms with Crippen LogP contribution in [0.25, 0.3) is 0 Å². The summed E-state index contributed by atoms with van der Waals surface area (Å²) in [6, 6.07) is 1.89. The molecule has 1 aliphatic heterocycles. The highest BCUT2D eigenvalue weighted by Gasteiger charge is 2.30. The van der Waals surface area contributed by atoms with Gasteiger partial charge in [0.05, 0.1) is 0 Å². The Bertz CT molecular complexity index is 464. The number of aromatic nitrogens is 1. The Hall–Kier alpha value is -1.43. The van der Waals surface area contributed by atoms with Gasteiger partial charge in [0.2, 0.25) is 0 Å². The van der Waals surface area contributed by atoms with E-state index in [4.69, 9.17) is 0 Å². The van der Waals surface area contributed by atoms with Crippen molar-refractivity contribution in [1.82, 2.24) is 14.8 Å². The molecule has 0 N–H and O–H groups in total. The van der Waals surface area contributed by atoms with Crippen LogP contribution in [0.3, 0.4) is 0 Å². The number of nitrogens with zero attached hydrogens (tertiary/aromatic N) is 3. The van der Waals surface area contributed by atoms with Crippen LogP contribution in [-0.4, -0.2) is 46.7 Å². The van der Waals surface area contributed by atoms with Gasteiger partial charge >= 0.3 is 11.8 Å². The first kappa shape index (κ1) is 12.0. The predicted molar refractivity (Wildman–Crippen MR) is 65.0 cm³/mol. The Labute approximate surface area is 108 Å². The van der Waals surface area contributed by atoms with Crippen LogP contribution in [0.5, 0.6) is 0 Å². The molecule has 0 spiro atoms. The normalized spacial score (nSPS) is 16.6. The van der Waals surface area contributed by atoms with E-state index in [1.165, 1.54) is 4.90 Å². The zero-order valence-corrected chi connectivity index (χ0v) is 11.0. The SMILES string of the molecule is CN1CCN(Cc2cncc(Br)c2)C(=O)C1=O. The fourth-order valence-corrected chi connectivity index (χ4v) is 2.10. The van der Waals surface area contributed by atoms with E-state index >= 15 is 0 Å². The Morgan fingerprint density at radius 2 is 2.06 bits per heavy atom. The first-order valence-corrected chi connectivity index (χ1v) is 6.01. The Balaban J connectivity index is 2.09. The van der Waals surface area contributed by atoms with Gasteiger partial charge in [-0.05, 0) is 27.6 Å². The summed E-state index contributed by atoms with van der Waals surface area (Å²) in [5.41, 5.74) is 0.907. The lowest BCUT2D eigenvalue weighted by Crippen LogP contribution is -2.52. The summed E-state index contributed by atoms with van der Waals surface area (Å²) in [5, 5.41) is 0. The quantitative estimate of drug-likeness (QED) is 0.753. The fourth-order valence-electron chi connectivity index (χ4n) is 1.69. The van der Waals surface area contributed by atoms with Crippen molar-refractivity contribution in [1.29, 1.82) is 0 Å². The number of hydrogen-bond donors (Lipinski definition) is 0. The van der Waals surface area contributed by atoms with Crippen molar-refractivity contribution in [2.45, 2.75) is 6.54 Å². The number of hydrogen-bond acceptors (Lipinski definition) is 3. The summed E-state index contributed by atoms with van der Waals surface area (Å²) in [4.78, 5) is 30.2. The van der Waals surface area contributed by atoms with Gasteiger partial charge in [0.25, 0.3) is 0 Å². The summed E-state index contributed by atoms with van der Waals surface area (Å²) < 4.78 is 0.864. The molecule has 1 aliphatic rings. The van der Waals surface area contributed by atoms with Crippen molar-refractivity contribution >= 4 is 27.7 Å². The smallest absolute Gasteiger partial charge is 0.312 e. The summed E-state index contributed by atoms with van der Waals surface area (Å²) in [6.45, 7) is 1.56. The number of rotatable bonds is 2. The molecule has 0 aliphatic carbocycles. The highest BCUT2D eigenvalue weighted by molar-refractivity contribution is 9.10. The monoisotopic (exact) mass is 297 g/mol. The molecule has 2 rings (SSSR count). The van der Waals surface area contributed by atoms with Crippen LogP contribution in [0, 0.1) is 0 Å². The number of pyridine rings is 1. The Morgan fingerprint density at radius 1 is 1.29 bits per heavy atom. The topological polar surface area (TPSA) is 53.5 Å². The van der Waals surface area contributed by atoms with Crippen molar-refractivity contribution in [2.75, 3.05) is 20.1 Å². The van der Waals surface area contributed by atoms with E-state index in [1.807, 2.05) is 6.07 Å². The van der Waals surface area contributed by atoms with Crippen LogP contribution in [-0.2, 0) is 16.1 Å². The van der Waals surface area contributed by atoms with Gasteiger partial charge in [-0.25, -0.2) is 0 Å². The van der Waals surface area contributed by atoms with Crippen molar-refractivity contribution < 1.29 is 9.59 Å². The van der Waals surface area contributed by atoms with Crippen LogP contribution < -0.4 is 0 Å². The lowest BCUT2D eigenvalue weighted by molar-refractivity contribution is -0.155. The zero-order chi connectivity index (χ0) is 12.4. The van der Waals surface area contributed by atoms with Gasteiger partial charge in [-0.1, -0.05) is 0 Å². The first-order valence-electron chi connectivity index (χ1n) is 5.21. The molecule has 1 fully saturated rings. The van der Waals surface area contributed by atoms with E-state index in [2.05, 4.69) is 20.9 Å². The third-order valence-electron chi connectivity index (χ3n) is 2.66. The molecule has 90 valence electrons. The molecule has 2 heterocycles. The van der Waals surface area contributed by atoms with E-state index in [0.717, 1.165) is 10.0 Å². The minimum atomic E-state index is -0.446. The Morgan fingerprint density at radius 3 is 2.76 bits per heavy atom. The van der Waals surface area contributed by atoms with Gasteiger partial charge < -0.3 is 9.80 Å². The van der Waals surface area contributed by atoms with Gasteiger partial charge in [0.15, 0.2) is 0 Å². The highest BCUT2D eigenvalue weighted by atomic mass is 79.9. The largest absolute Gasteiger partial charge is 0.336 e. The van der Waals surface area contributed by atoms with Crippen molar-refractivity contribution in [3.05, 3.63) is 28.5 Å². The van der Waals surface area contributed by atoms with Gasteiger partial charge in [-0.2, -0.15) is 0 Å². The number of halogens is 1. The molecule has 2 amide bonds.